The first kappa shape index (κ1) is 11.2. The fraction of sp³-hybridized carbons (Fsp3) is 0.0714. The molecule has 0 saturated carbocycles. The third-order valence-corrected chi connectivity index (χ3v) is 2.33. The third-order valence-electron chi connectivity index (χ3n) is 2.33. The maximum Gasteiger partial charge on any atom is 0.257 e. The minimum atomic E-state index is 0.231. The number of rotatable bonds is 3. The van der Waals surface area contributed by atoms with Gasteiger partial charge >= 0.3 is 0 Å². The van der Waals surface area contributed by atoms with E-state index < -0.39 is 0 Å². The van der Waals surface area contributed by atoms with Crippen molar-refractivity contribution in [2.75, 3.05) is 0 Å². The van der Waals surface area contributed by atoms with Crippen LogP contribution in [0.2, 0.25) is 0 Å². The van der Waals surface area contributed by atoms with Crippen LogP contribution in [-0.4, -0.2) is 11.1 Å². The Morgan fingerprint density at radius 1 is 0.941 bits per heavy atom. The molecule has 1 N–H and O–H groups in total. The minimum Gasteiger partial charge on any atom is -0.470 e. The summed E-state index contributed by atoms with van der Waals surface area (Å²) < 4.78 is 5.46. The molecule has 3 nitrogen and oxygen atoms in total. The van der Waals surface area contributed by atoms with Gasteiger partial charge in [-0.3, -0.25) is 0 Å². The van der Waals surface area contributed by atoms with E-state index in [9.17, 15) is 0 Å². The molecule has 0 aliphatic rings. The van der Waals surface area contributed by atoms with Crippen LogP contribution in [0.15, 0.2) is 65.8 Å². The highest BCUT2D eigenvalue weighted by Crippen LogP contribution is 2.06. The van der Waals surface area contributed by atoms with E-state index in [2.05, 4.69) is 5.16 Å². The Morgan fingerprint density at radius 3 is 2.12 bits per heavy atom. The molecule has 2 rings (SSSR count). The molecule has 3 heteroatoms. The van der Waals surface area contributed by atoms with E-state index in [1.165, 1.54) is 0 Å². The Labute approximate surface area is 100.0 Å². The quantitative estimate of drug-likeness (QED) is 0.379. The molecule has 0 aliphatic carbocycles. The van der Waals surface area contributed by atoms with Gasteiger partial charge in [0.2, 0.25) is 0 Å². The molecule has 0 aliphatic heterocycles. The van der Waals surface area contributed by atoms with Gasteiger partial charge in [0.1, 0.15) is 6.61 Å². The molecule has 0 bridgehead atoms. The van der Waals surface area contributed by atoms with Crippen LogP contribution in [-0.2, 0) is 11.3 Å². The summed E-state index contributed by atoms with van der Waals surface area (Å²) in [7, 11) is 0. The SMILES string of the molecule is O/N=C(/OCc1ccccc1)c1ccccc1. The molecule has 86 valence electrons. The first-order chi connectivity index (χ1) is 8.40. The van der Waals surface area contributed by atoms with Crippen molar-refractivity contribution in [2.45, 2.75) is 6.61 Å². The van der Waals surface area contributed by atoms with Crippen LogP contribution in [0, 0.1) is 0 Å². The Morgan fingerprint density at radius 2 is 1.53 bits per heavy atom. The molecule has 0 unspecified atom stereocenters. The molecule has 0 saturated heterocycles. The molecule has 2 aromatic rings. The lowest BCUT2D eigenvalue weighted by molar-refractivity contribution is 0.248. The molecular weight excluding hydrogens is 214 g/mol. The van der Waals surface area contributed by atoms with Crippen LogP contribution in [0.25, 0.3) is 0 Å². The van der Waals surface area contributed by atoms with E-state index in [0.29, 0.717) is 6.61 Å². The summed E-state index contributed by atoms with van der Waals surface area (Å²) in [6, 6.07) is 19.0. The van der Waals surface area contributed by atoms with Gasteiger partial charge in [-0.05, 0) is 22.9 Å². The van der Waals surface area contributed by atoms with Crippen molar-refractivity contribution in [1.82, 2.24) is 0 Å². The molecule has 17 heavy (non-hydrogen) atoms. The summed E-state index contributed by atoms with van der Waals surface area (Å²) in [5.74, 6) is 0.231. The highest BCUT2D eigenvalue weighted by Gasteiger charge is 2.04. The second-order valence-corrected chi connectivity index (χ2v) is 3.55. The lowest BCUT2D eigenvalue weighted by atomic mass is 10.2. The van der Waals surface area contributed by atoms with E-state index in [1.54, 1.807) is 0 Å². The maximum atomic E-state index is 8.92. The summed E-state index contributed by atoms with van der Waals surface area (Å²) in [5, 5.41) is 12.1. The molecule has 0 radical (unpaired) electrons. The van der Waals surface area contributed by atoms with Crippen molar-refractivity contribution in [3.8, 4) is 0 Å². The van der Waals surface area contributed by atoms with Crippen LogP contribution >= 0.6 is 0 Å². The van der Waals surface area contributed by atoms with Gasteiger partial charge in [-0.1, -0.05) is 48.5 Å². The van der Waals surface area contributed by atoms with Crippen molar-refractivity contribution < 1.29 is 9.94 Å². The highest BCUT2D eigenvalue weighted by atomic mass is 16.5. The number of nitrogens with zero attached hydrogens (tertiary/aromatic N) is 1. The van der Waals surface area contributed by atoms with Crippen molar-refractivity contribution in [3.63, 3.8) is 0 Å². The van der Waals surface area contributed by atoms with Crippen LogP contribution in [0.4, 0.5) is 0 Å². The third kappa shape index (κ3) is 3.08. The molecule has 0 amide bonds. The lowest BCUT2D eigenvalue weighted by Gasteiger charge is -2.07. The van der Waals surface area contributed by atoms with E-state index in [-0.39, 0.29) is 5.90 Å². The lowest BCUT2D eigenvalue weighted by Crippen LogP contribution is -2.06. The first-order valence-corrected chi connectivity index (χ1v) is 5.34. The number of hydrogen-bond donors (Lipinski definition) is 1. The summed E-state index contributed by atoms with van der Waals surface area (Å²) in [5.41, 5.74) is 1.79. The number of oxime groups is 1. The van der Waals surface area contributed by atoms with Gasteiger partial charge in [-0.2, -0.15) is 0 Å². The number of hydrogen-bond acceptors (Lipinski definition) is 3. The zero-order valence-electron chi connectivity index (χ0n) is 9.28. The normalized spacial score (nSPS) is 11.2. The molecule has 0 atom stereocenters. The van der Waals surface area contributed by atoms with Gasteiger partial charge in [0, 0.05) is 5.56 Å². The average Bonchev–Trinajstić information content (AvgIpc) is 2.42. The van der Waals surface area contributed by atoms with Gasteiger partial charge in [0.15, 0.2) is 0 Å². The summed E-state index contributed by atoms with van der Waals surface area (Å²) in [6.07, 6.45) is 0. The Bertz CT molecular complexity index is 480. The zero-order chi connectivity index (χ0) is 11.9. The topological polar surface area (TPSA) is 41.8 Å². The molecule has 0 aromatic heterocycles. The zero-order valence-corrected chi connectivity index (χ0v) is 9.28. The van der Waals surface area contributed by atoms with Crippen molar-refractivity contribution >= 4 is 5.90 Å². The molecule has 0 fully saturated rings. The second-order valence-electron chi connectivity index (χ2n) is 3.55. The van der Waals surface area contributed by atoms with Crippen molar-refractivity contribution in [1.29, 1.82) is 0 Å². The van der Waals surface area contributed by atoms with Crippen LogP contribution in [0.3, 0.4) is 0 Å². The first-order valence-electron chi connectivity index (χ1n) is 5.34. The largest absolute Gasteiger partial charge is 0.470 e. The molecule has 2 aromatic carbocycles. The van der Waals surface area contributed by atoms with Gasteiger partial charge in [-0.25, -0.2) is 0 Å². The summed E-state index contributed by atoms with van der Waals surface area (Å²) >= 11 is 0. The predicted octanol–water partition coefficient (Wildman–Crippen LogP) is 3.04. The minimum absolute atomic E-state index is 0.231. The fourth-order valence-electron chi connectivity index (χ4n) is 1.48. The monoisotopic (exact) mass is 227 g/mol. The van der Waals surface area contributed by atoms with Gasteiger partial charge in [-0.15, -0.1) is 0 Å². The Balaban J connectivity index is 2.03. The van der Waals surface area contributed by atoms with Crippen molar-refractivity contribution in [3.05, 3.63) is 71.8 Å². The second kappa shape index (κ2) is 5.70. The molecular formula is C14H13NO2. The predicted molar refractivity (Wildman–Crippen MR) is 66.0 cm³/mol. The highest BCUT2D eigenvalue weighted by molar-refractivity contribution is 5.93. The van der Waals surface area contributed by atoms with E-state index in [1.807, 2.05) is 60.7 Å². The van der Waals surface area contributed by atoms with Crippen LogP contribution in [0.5, 0.6) is 0 Å². The Kier molecular flexibility index (Phi) is 3.76. The summed E-state index contributed by atoms with van der Waals surface area (Å²) in [6.45, 7) is 0.384. The van der Waals surface area contributed by atoms with E-state index in [4.69, 9.17) is 9.94 Å². The van der Waals surface area contributed by atoms with Crippen LogP contribution < -0.4 is 0 Å². The van der Waals surface area contributed by atoms with E-state index >= 15 is 0 Å². The smallest absolute Gasteiger partial charge is 0.257 e. The molecule has 0 spiro atoms. The van der Waals surface area contributed by atoms with Gasteiger partial charge in [0.05, 0.1) is 0 Å². The maximum absolute atomic E-state index is 8.92. The summed E-state index contributed by atoms with van der Waals surface area (Å²) in [4.78, 5) is 0. The van der Waals surface area contributed by atoms with Gasteiger partial charge < -0.3 is 9.94 Å². The van der Waals surface area contributed by atoms with Gasteiger partial charge in [0.25, 0.3) is 5.90 Å². The average molecular weight is 227 g/mol. The number of benzene rings is 2. The van der Waals surface area contributed by atoms with Crippen molar-refractivity contribution in [2.24, 2.45) is 5.16 Å². The molecule has 0 heterocycles. The van der Waals surface area contributed by atoms with E-state index in [0.717, 1.165) is 11.1 Å². The standard InChI is InChI=1S/C14H13NO2/c16-15-14(13-9-5-2-6-10-13)17-11-12-7-3-1-4-8-12/h1-10,16H,11H2/b15-14+. The fourth-order valence-corrected chi connectivity index (χ4v) is 1.48. The number of ether oxygens (including phenoxy) is 1. The Hall–Kier alpha value is -2.29. The van der Waals surface area contributed by atoms with Crippen LogP contribution in [0.1, 0.15) is 11.1 Å².